The van der Waals surface area contributed by atoms with Gasteiger partial charge in [0, 0.05) is 0 Å². The molecule has 2 nitrogen and oxygen atoms in total. The molecule has 0 unspecified atom stereocenters. The van der Waals surface area contributed by atoms with Gasteiger partial charge in [0.05, 0.1) is 12.7 Å². The highest BCUT2D eigenvalue weighted by Crippen LogP contribution is 2.13. The van der Waals surface area contributed by atoms with Gasteiger partial charge in [-0.1, -0.05) is 24.3 Å². The third-order valence-corrected chi connectivity index (χ3v) is 1.78. The number of esters is 1. The van der Waals surface area contributed by atoms with Crippen molar-refractivity contribution >= 4 is 11.5 Å². The van der Waals surface area contributed by atoms with Gasteiger partial charge in [0.15, 0.2) is 0 Å². The van der Waals surface area contributed by atoms with Gasteiger partial charge in [0.25, 0.3) is 0 Å². The van der Waals surface area contributed by atoms with Crippen LogP contribution in [0.5, 0.6) is 0 Å². The van der Waals surface area contributed by atoms with E-state index >= 15 is 0 Å². The minimum absolute atomic E-state index is 0.317. The standard InChI is InChI=1S/C11H12O2/c1-8(2)9-5-4-6-10(7-9)11(12)13-3/h4-7H,1H2,2-3H3. The van der Waals surface area contributed by atoms with E-state index in [0.29, 0.717) is 5.56 Å². The van der Waals surface area contributed by atoms with E-state index in [4.69, 9.17) is 0 Å². The molecule has 1 aromatic carbocycles. The summed E-state index contributed by atoms with van der Waals surface area (Å²) in [7, 11) is 1.37. The predicted molar refractivity (Wildman–Crippen MR) is 52.5 cm³/mol. The van der Waals surface area contributed by atoms with Crippen LogP contribution in [0, 0.1) is 0 Å². The van der Waals surface area contributed by atoms with Crippen LogP contribution in [0.15, 0.2) is 30.8 Å². The number of allylic oxidation sites excluding steroid dienone is 1. The zero-order valence-electron chi connectivity index (χ0n) is 7.83. The van der Waals surface area contributed by atoms with Crippen LogP contribution in [0.25, 0.3) is 5.57 Å². The van der Waals surface area contributed by atoms with E-state index < -0.39 is 0 Å². The third kappa shape index (κ3) is 2.18. The minimum atomic E-state index is -0.317. The molecule has 2 heteroatoms. The second-order valence-corrected chi connectivity index (χ2v) is 2.85. The van der Waals surface area contributed by atoms with Crippen LogP contribution in [0.1, 0.15) is 22.8 Å². The second-order valence-electron chi connectivity index (χ2n) is 2.85. The Hall–Kier alpha value is -1.57. The molecule has 1 aromatic rings. The van der Waals surface area contributed by atoms with Crippen LogP contribution in [-0.2, 0) is 4.74 Å². The Morgan fingerprint density at radius 1 is 1.38 bits per heavy atom. The Labute approximate surface area is 77.8 Å². The number of benzene rings is 1. The zero-order chi connectivity index (χ0) is 9.84. The number of hydrogen-bond acceptors (Lipinski definition) is 2. The number of hydrogen-bond donors (Lipinski definition) is 0. The summed E-state index contributed by atoms with van der Waals surface area (Å²) in [5, 5.41) is 0. The first-order chi connectivity index (χ1) is 6.15. The van der Waals surface area contributed by atoms with E-state index in [0.717, 1.165) is 11.1 Å². The molecular formula is C11H12O2. The van der Waals surface area contributed by atoms with Gasteiger partial charge >= 0.3 is 5.97 Å². The summed E-state index contributed by atoms with van der Waals surface area (Å²) in [4.78, 5) is 11.1. The molecule has 0 aliphatic carbocycles. The Balaban J connectivity index is 3.05. The topological polar surface area (TPSA) is 26.3 Å². The number of carbonyl (C=O) groups is 1. The first kappa shape index (κ1) is 9.52. The smallest absolute Gasteiger partial charge is 0.337 e. The van der Waals surface area contributed by atoms with Crippen LogP contribution in [-0.4, -0.2) is 13.1 Å². The van der Waals surface area contributed by atoms with E-state index in [1.165, 1.54) is 7.11 Å². The first-order valence-corrected chi connectivity index (χ1v) is 3.99. The summed E-state index contributed by atoms with van der Waals surface area (Å²) in [5.41, 5.74) is 2.46. The van der Waals surface area contributed by atoms with Gasteiger partial charge in [-0.3, -0.25) is 0 Å². The monoisotopic (exact) mass is 176 g/mol. The Morgan fingerprint density at radius 2 is 2.00 bits per heavy atom. The Bertz CT molecular complexity index is 340. The molecule has 0 atom stereocenters. The maximum absolute atomic E-state index is 11.1. The van der Waals surface area contributed by atoms with Crippen LogP contribution < -0.4 is 0 Å². The summed E-state index contributed by atoms with van der Waals surface area (Å²) in [6, 6.07) is 7.22. The molecule has 0 radical (unpaired) electrons. The van der Waals surface area contributed by atoms with Crippen LogP contribution >= 0.6 is 0 Å². The Kier molecular flexibility index (Phi) is 2.85. The SMILES string of the molecule is C=C(C)c1cccc(C(=O)OC)c1. The minimum Gasteiger partial charge on any atom is -0.465 e. The maximum Gasteiger partial charge on any atom is 0.337 e. The van der Waals surface area contributed by atoms with Crippen molar-refractivity contribution in [3.8, 4) is 0 Å². The number of rotatable bonds is 2. The Morgan fingerprint density at radius 3 is 2.54 bits per heavy atom. The quantitative estimate of drug-likeness (QED) is 0.647. The summed E-state index contributed by atoms with van der Waals surface area (Å²) in [6.07, 6.45) is 0. The maximum atomic E-state index is 11.1. The van der Waals surface area contributed by atoms with E-state index in [-0.39, 0.29) is 5.97 Å². The second kappa shape index (κ2) is 3.90. The molecule has 0 saturated carbocycles. The molecule has 0 N–H and O–H groups in total. The third-order valence-electron chi connectivity index (χ3n) is 1.78. The molecule has 68 valence electrons. The highest BCUT2D eigenvalue weighted by Gasteiger charge is 2.04. The predicted octanol–water partition coefficient (Wildman–Crippen LogP) is 2.51. The van der Waals surface area contributed by atoms with Crippen molar-refractivity contribution in [2.45, 2.75) is 6.92 Å². The fraction of sp³-hybridized carbons (Fsp3) is 0.182. The number of ether oxygens (including phenoxy) is 1. The van der Waals surface area contributed by atoms with Gasteiger partial charge in [-0.05, 0) is 24.6 Å². The van der Waals surface area contributed by atoms with Gasteiger partial charge in [-0.2, -0.15) is 0 Å². The average Bonchev–Trinajstić information content (AvgIpc) is 2.17. The lowest BCUT2D eigenvalue weighted by atomic mass is 10.1. The molecule has 0 fully saturated rings. The normalized spacial score (nSPS) is 9.38. The molecule has 1 rings (SSSR count). The van der Waals surface area contributed by atoms with E-state index in [1.54, 1.807) is 12.1 Å². The van der Waals surface area contributed by atoms with Crippen molar-refractivity contribution in [3.05, 3.63) is 42.0 Å². The summed E-state index contributed by atoms with van der Waals surface area (Å²) in [5.74, 6) is -0.317. The van der Waals surface area contributed by atoms with Crippen molar-refractivity contribution in [2.75, 3.05) is 7.11 Å². The van der Waals surface area contributed by atoms with Gasteiger partial charge < -0.3 is 4.74 Å². The highest BCUT2D eigenvalue weighted by molar-refractivity contribution is 5.90. The van der Waals surface area contributed by atoms with Crippen LogP contribution in [0.2, 0.25) is 0 Å². The van der Waals surface area contributed by atoms with Gasteiger partial charge in [-0.15, -0.1) is 0 Å². The molecule has 0 bridgehead atoms. The van der Waals surface area contributed by atoms with Crippen molar-refractivity contribution in [1.29, 1.82) is 0 Å². The average molecular weight is 176 g/mol. The van der Waals surface area contributed by atoms with Gasteiger partial charge in [-0.25, -0.2) is 4.79 Å². The molecule has 0 amide bonds. The molecule has 0 aliphatic heterocycles. The molecule has 0 heterocycles. The van der Waals surface area contributed by atoms with Crippen molar-refractivity contribution in [2.24, 2.45) is 0 Å². The fourth-order valence-corrected chi connectivity index (χ4v) is 1.03. The summed E-state index contributed by atoms with van der Waals surface area (Å²) in [6.45, 7) is 5.70. The van der Waals surface area contributed by atoms with Crippen molar-refractivity contribution in [3.63, 3.8) is 0 Å². The summed E-state index contributed by atoms with van der Waals surface area (Å²) < 4.78 is 4.60. The lowest BCUT2D eigenvalue weighted by molar-refractivity contribution is 0.0600. The van der Waals surface area contributed by atoms with Crippen molar-refractivity contribution in [1.82, 2.24) is 0 Å². The largest absolute Gasteiger partial charge is 0.465 e. The van der Waals surface area contributed by atoms with E-state index in [1.807, 2.05) is 19.1 Å². The molecule has 13 heavy (non-hydrogen) atoms. The zero-order valence-corrected chi connectivity index (χ0v) is 7.83. The van der Waals surface area contributed by atoms with Gasteiger partial charge in [0.2, 0.25) is 0 Å². The molecule has 0 aliphatic rings. The summed E-state index contributed by atoms with van der Waals surface area (Å²) >= 11 is 0. The van der Waals surface area contributed by atoms with Crippen LogP contribution in [0.4, 0.5) is 0 Å². The lowest BCUT2D eigenvalue weighted by Crippen LogP contribution is -2.01. The number of methoxy groups -OCH3 is 1. The fourth-order valence-electron chi connectivity index (χ4n) is 1.03. The molecule has 0 spiro atoms. The van der Waals surface area contributed by atoms with E-state index in [2.05, 4.69) is 11.3 Å². The number of carbonyl (C=O) groups excluding carboxylic acids is 1. The first-order valence-electron chi connectivity index (χ1n) is 3.99. The van der Waals surface area contributed by atoms with E-state index in [9.17, 15) is 4.79 Å². The molecular weight excluding hydrogens is 164 g/mol. The molecule has 0 aromatic heterocycles. The molecule has 0 saturated heterocycles. The lowest BCUT2D eigenvalue weighted by Gasteiger charge is -2.02. The van der Waals surface area contributed by atoms with Crippen molar-refractivity contribution < 1.29 is 9.53 Å². The highest BCUT2D eigenvalue weighted by atomic mass is 16.5. The van der Waals surface area contributed by atoms with Crippen LogP contribution in [0.3, 0.4) is 0 Å². The van der Waals surface area contributed by atoms with Gasteiger partial charge in [0.1, 0.15) is 0 Å².